The maximum Gasteiger partial charge on any atom is 0.236 e. The highest BCUT2D eigenvalue weighted by Gasteiger charge is 2.15. The molecule has 2 heterocycles. The first-order valence-corrected chi connectivity index (χ1v) is 10.9. The summed E-state index contributed by atoms with van der Waals surface area (Å²) in [6, 6.07) is 17.0. The molecule has 0 aliphatic carbocycles. The number of carbonyl (C=O) groups excluding carboxylic acids is 2. The van der Waals surface area contributed by atoms with Crippen LogP contribution in [0.5, 0.6) is 0 Å². The largest absolute Gasteiger partial charge is 0.326 e. The third-order valence-corrected chi connectivity index (χ3v) is 6.15. The number of benzene rings is 2. The second-order valence-corrected chi connectivity index (χ2v) is 8.35. The summed E-state index contributed by atoms with van der Waals surface area (Å²) in [5.74, 6) is 0.336. The van der Waals surface area contributed by atoms with E-state index in [0.29, 0.717) is 16.1 Å². The van der Waals surface area contributed by atoms with Gasteiger partial charge in [-0.1, -0.05) is 53.4 Å². The summed E-state index contributed by atoms with van der Waals surface area (Å²) in [5, 5.41) is 14.9. The molecule has 0 bridgehead atoms. The number of anilines is 2. The Hall–Kier alpha value is -3.24. The lowest BCUT2D eigenvalue weighted by molar-refractivity contribution is -0.116. The van der Waals surface area contributed by atoms with Crippen LogP contribution in [0, 0.1) is 0 Å². The van der Waals surface area contributed by atoms with Gasteiger partial charge in [-0.25, -0.2) is 4.98 Å². The molecular formula is C20H18N6O2S2. The number of nitrogens with one attached hydrogen (secondary N) is 2. The van der Waals surface area contributed by atoms with Crippen LogP contribution in [-0.2, 0) is 23.1 Å². The number of hydrogen-bond acceptors (Lipinski definition) is 7. The highest BCUT2D eigenvalue weighted by atomic mass is 32.2. The molecule has 2 N–H and O–H groups in total. The normalized spacial score (nSPS) is 10.8. The van der Waals surface area contributed by atoms with E-state index in [9.17, 15) is 9.59 Å². The number of fused-ring (bicyclic) bond motifs is 1. The molecule has 4 rings (SSSR count). The Labute approximate surface area is 180 Å². The number of rotatable bonds is 7. The molecule has 0 atom stereocenters. The quantitative estimate of drug-likeness (QED) is 0.429. The molecule has 0 saturated heterocycles. The molecule has 0 aliphatic rings. The molecule has 0 saturated carbocycles. The molecule has 152 valence electrons. The fourth-order valence-corrected chi connectivity index (χ4v) is 4.32. The SMILES string of the molecule is Cn1c(CC(=O)Nc2ccccc2)nnc1SCC(=O)Nc1nc2ccccc2s1. The molecule has 10 heteroatoms. The topological polar surface area (TPSA) is 102 Å². The van der Waals surface area contributed by atoms with Crippen LogP contribution >= 0.6 is 23.1 Å². The Bertz CT molecular complexity index is 1160. The van der Waals surface area contributed by atoms with Gasteiger partial charge in [0.05, 0.1) is 22.4 Å². The average Bonchev–Trinajstić information content (AvgIpc) is 3.30. The van der Waals surface area contributed by atoms with Crippen LogP contribution in [0.4, 0.5) is 10.8 Å². The van der Waals surface area contributed by atoms with Crippen molar-refractivity contribution in [3.8, 4) is 0 Å². The highest BCUT2D eigenvalue weighted by molar-refractivity contribution is 7.99. The van der Waals surface area contributed by atoms with Crippen molar-refractivity contribution in [1.82, 2.24) is 19.7 Å². The summed E-state index contributed by atoms with van der Waals surface area (Å²) in [7, 11) is 1.78. The maximum atomic E-state index is 12.3. The van der Waals surface area contributed by atoms with Gasteiger partial charge in [-0.05, 0) is 24.3 Å². The maximum absolute atomic E-state index is 12.3. The van der Waals surface area contributed by atoms with Crippen LogP contribution in [0.2, 0.25) is 0 Å². The Morgan fingerprint density at radius 1 is 1.00 bits per heavy atom. The minimum absolute atomic E-state index is 0.0941. The van der Waals surface area contributed by atoms with E-state index < -0.39 is 0 Å². The molecule has 2 aromatic carbocycles. The summed E-state index contributed by atoms with van der Waals surface area (Å²) >= 11 is 2.69. The monoisotopic (exact) mass is 438 g/mol. The summed E-state index contributed by atoms with van der Waals surface area (Å²) in [6.45, 7) is 0. The molecule has 0 fully saturated rings. The van der Waals surface area contributed by atoms with Crippen molar-refractivity contribution in [2.75, 3.05) is 16.4 Å². The second kappa shape index (κ2) is 9.06. The van der Waals surface area contributed by atoms with E-state index in [0.717, 1.165) is 15.9 Å². The number of hydrogen-bond donors (Lipinski definition) is 2. The van der Waals surface area contributed by atoms with Gasteiger partial charge in [0.25, 0.3) is 0 Å². The van der Waals surface area contributed by atoms with Crippen molar-refractivity contribution in [3.05, 3.63) is 60.4 Å². The van der Waals surface area contributed by atoms with E-state index >= 15 is 0 Å². The standard InChI is InChI=1S/C20H18N6O2S2/c1-26-16(11-17(27)21-13-7-3-2-4-8-13)24-25-20(26)29-12-18(28)23-19-22-14-9-5-6-10-15(14)30-19/h2-10H,11-12H2,1H3,(H,21,27)(H,22,23,28). The van der Waals surface area contributed by atoms with Crippen LogP contribution in [0.25, 0.3) is 10.2 Å². The highest BCUT2D eigenvalue weighted by Crippen LogP contribution is 2.25. The molecule has 30 heavy (non-hydrogen) atoms. The Morgan fingerprint density at radius 3 is 2.57 bits per heavy atom. The number of amides is 2. The molecule has 4 aromatic rings. The fraction of sp³-hybridized carbons (Fsp3) is 0.150. The van der Waals surface area contributed by atoms with E-state index in [2.05, 4.69) is 25.8 Å². The molecule has 0 aliphatic heterocycles. The molecule has 2 amide bonds. The molecule has 0 spiro atoms. The third-order valence-electron chi connectivity index (χ3n) is 4.17. The summed E-state index contributed by atoms with van der Waals surface area (Å²) in [6.07, 6.45) is 0.0941. The van der Waals surface area contributed by atoms with Crippen molar-refractivity contribution >= 4 is 55.9 Å². The van der Waals surface area contributed by atoms with Crippen LogP contribution in [0.3, 0.4) is 0 Å². The lowest BCUT2D eigenvalue weighted by atomic mass is 10.3. The second-order valence-electron chi connectivity index (χ2n) is 6.37. The van der Waals surface area contributed by atoms with Gasteiger partial charge in [0.15, 0.2) is 10.3 Å². The molecular weight excluding hydrogens is 420 g/mol. The summed E-state index contributed by atoms with van der Waals surface area (Å²) < 4.78 is 2.74. The van der Waals surface area contributed by atoms with Crippen molar-refractivity contribution in [1.29, 1.82) is 0 Å². The van der Waals surface area contributed by atoms with Gasteiger partial charge in [0, 0.05) is 12.7 Å². The van der Waals surface area contributed by atoms with E-state index in [1.165, 1.54) is 23.1 Å². The average molecular weight is 439 g/mol. The van der Waals surface area contributed by atoms with Gasteiger partial charge in [-0.2, -0.15) is 0 Å². The van der Waals surface area contributed by atoms with Crippen LogP contribution in [-0.4, -0.2) is 37.3 Å². The number of para-hydroxylation sites is 2. The Morgan fingerprint density at radius 2 is 1.77 bits per heavy atom. The van der Waals surface area contributed by atoms with Gasteiger partial charge in [0.2, 0.25) is 11.8 Å². The molecule has 0 unspecified atom stereocenters. The molecule has 8 nitrogen and oxygen atoms in total. The van der Waals surface area contributed by atoms with Crippen LogP contribution < -0.4 is 10.6 Å². The van der Waals surface area contributed by atoms with Crippen molar-refractivity contribution in [2.24, 2.45) is 7.05 Å². The van der Waals surface area contributed by atoms with Gasteiger partial charge < -0.3 is 15.2 Å². The van der Waals surface area contributed by atoms with Gasteiger partial charge in [0.1, 0.15) is 5.82 Å². The van der Waals surface area contributed by atoms with E-state index in [1.807, 2.05) is 54.6 Å². The lowest BCUT2D eigenvalue weighted by Crippen LogP contribution is -2.17. The predicted octanol–water partition coefficient (Wildman–Crippen LogP) is 3.34. The first-order chi connectivity index (χ1) is 14.6. The lowest BCUT2D eigenvalue weighted by Gasteiger charge is -2.05. The van der Waals surface area contributed by atoms with Crippen molar-refractivity contribution in [2.45, 2.75) is 11.6 Å². The van der Waals surface area contributed by atoms with Crippen molar-refractivity contribution in [3.63, 3.8) is 0 Å². The Kier molecular flexibility index (Phi) is 6.05. The zero-order chi connectivity index (χ0) is 20.9. The number of nitrogens with zero attached hydrogens (tertiary/aromatic N) is 4. The number of thiazole rings is 1. The minimum atomic E-state index is -0.179. The first-order valence-electron chi connectivity index (χ1n) is 9.10. The molecule has 2 aromatic heterocycles. The minimum Gasteiger partial charge on any atom is -0.326 e. The predicted molar refractivity (Wildman–Crippen MR) is 119 cm³/mol. The van der Waals surface area contributed by atoms with Crippen molar-refractivity contribution < 1.29 is 9.59 Å². The van der Waals surface area contributed by atoms with Crippen LogP contribution in [0.1, 0.15) is 5.82 Å². The number of thioether (sulfide) groups is 1. The van der Waals surface area contributed by atoms with Gasteiger partial charge in [-0.3, -0.25) is 9.59 Å². The van der Waals surface area contributed by atoms with Gasteiger partial charge in [-0.15, -0.1) is 10.2 Å². The van der Waals surface area contributed by atoms with E-state index in [-0.39, 0.29) is 24.0 Å². The van der Waals surface area contributed by atoms with E-state index in [4.69, 9.17) is 0 Å². The van der Waals surface area contributed by atoms with Crippen LogP contribution in [0.15, 0.2) is 59.8 Å². The smallest absolute Gasteiger partial charge is 0.236 e. The Balaban J connectivity index is 1.31. The third kappa shape index (κ3) is 4.84. The fourth-order valence-electron chi connectivity index (χ4n) is 2.71. The first kappa shape index (κ1) is 20.0. The van der Waals surface area contributed by atoms with Gasteiger partial charge >= 0.3 is 0 Å². The zero-order valence-electron chi connectivity index (χ0n) is 16.0. The summed E-state index contributed by atoms with van der Waals surface area (Å²) in [5.41, 5.74) is 1.59. The number of carbonyl (C=O) groups is 2. The summed E-state index contributed by atoms with van der Waals surface area (Å²) in [4.78, 5) is 28.9. The van der Waals surface area contributed by atoms with E-state index in [1.54, 1.807) is 11.6 Å². The number of aromatic nitrogens is 4. The zero-order valence-corrected chi connectivity index (χ0v) is 17.7. The molecule has 0 radical (unpaired) electrons.